The summed E-state index contributed by atoms with van der Waals surface area (Å²) in [5.74, 6) is -13.4. The van der Waals surface area contributed by atoms with E-state index in [2.05, 4.69) is 0 Å². The van der Waals surface area contributed by atoms with Crippen LogP contribution in [0.5, 0.6) is 0 Å². The van der Waals surface area contributed by atoms with Crippen LogP contribution in [0.2, 0.25) is 0 Å². The van der Waals surface area contributed by atoms with Crippen LogP contribution in [0.1, 0.15) is 15.9 Å². The van der Waals surface area contributed by atoms with Crippen LogP contribution in [0, 0.1) is 0 Å². The maximum absolute atomic E-state index is 14.0. The van der Waals surface area contributed by atoms with Crippen LogP contribution in [0.15, 0.2) is 60.7 Å². The van der Waals surface area contributed by atoms with Gasteiger partial charge in [0.15, 0.2) is 0 Å². The highest BCUT2D eigenvalue weighted by molar-refractivity contribution is 5.94. The van der Waals surface area contributed by atoms with E-state index in [0.29, 0.717) is 0 Å². The Kier molecular flexibility index (Phi) is 6.56. The smallest absolute Gasteiger partial charge is 0.384 e. The summed E-state index contributed by atoms with van der Waals surface area (Å²) < 4.78 is 92.2. The lowest BCUT2D eigenvalue weighted by atomic mass is 9.93. The molecule has 0 bridgehead atoms. The number of alkyl halides is 7. The number of aliphatic hydroxyl groups is 1. The van der Waals surface area contributed by atoms with Crippen LogP contribution in [0.3, 0.4) is 0 Å². The van der Waals surface area contributed by atoms with Crippen LogP contribution >= 0.6 is 0 Å². The average Bonchev–Trinajstić information content (AvgIpc) is 2.67. The lowest BCUT2D eigenvalue weighted by Gasteiger charge is -2.35. The van der Waals surface area contributed by atoms with Crippen molar-refractivity contribution in [1.29, 1.82) is 0 Å². The molecule has 0 spiro atoms. The van der Waals surface area contributed by atoms with Gasteiger partial charge in [-0.2, -0.15) is 30.7 Å². The van der Waals surface area contributed by atoms with E-state index >= 15 is 0 Å². The van der Waals surface area contributed by atoms with Gasteiger partial charge in [0.1, 0.15) is 6.10 Å². The lowest BCUT2D eigenvalue weighted by molar-refractivity contribution is -0.372. The second-order valence-electron chi connectivity index (χ2n) is 6.28. The Hall–Kier alpha value is -2.62. The molecule has 0 aliphatic rings. The summed E-state index contributed by atoms with van der Waals surface area (Å²) in [6, 6.07) is 12.1. The van der Waals surface area contributed by atoms with Gasteiger partial charge in [-0.3, -0.25) is 4.79 Å². The molecule has 158 valence electrons. The number of carbonyl (C=O) groups is 1. The van der Waals surface area contributed by atoms with Gasteiger partial charge in [-0.25, -0.2) is 0 Å². The van der Waals surface area contributed by atoms with Crippen molar-refractivity contribution in [3.8, 4) is 0 Å². The Morgan fingerprint density at radius 2 is 1.34 bits per heavy atom. The van der Waals surface area contributed by atoms with Gasteiger partial charge in [0.25, 0.3) is 5.91 Å². The van der Waals surface area contributed by atoms with Crippen molar-refractivity contribution in [2.75, 3.05) is 0 Å². The number of aliphatic hydroxyl groups excluding tert-OH is 1. The summed E-state index contributed by atoms with van der Waals surface area (Å²) in [6.45, 7) is 0. The van der Waals surface area contributed by atoms with Crippen LogP contribution in [0.25, 0.3) is 0 Å². The number of rotatable bonds is 7. The Morgan fingerprint density at radius 1 is 0.862 bits per heavy atom. The molecular weight excluding hydrogens is 407 g/mol. The van der Waals surface area contributed by atoms with Gasteiger partial charge in [-0.1, -0.05) is 48.5 Å². The number of halogens is 7. The minimum absolute atomic E-state index is 0.0522. The number of carbonyl (C=O) groups excluding carboxylic acids is 1. The third-order valence-corrected chi connectivity index (χ3v) is 4.18. The van der Waals surface area contributed by atoms with Crippen LogP contribution in [0.4, 0.5) is 30.7 Å². The second-order valence-corrected chi connectivity index (χ2v) is 6.28. The van der Waals surface area contributed by atoms with E-state index in [1.54, 1.807) is 12.1 Å². The Morgan fingerprint density at radius 3 is 1.83 bits per heavy atom. The van der Waals surface area contributed by atoms with E-state index in [4.69, 9.17) is 0 Å². The van der Waals surface area contributed by atoms with E-state index in [1.807, 2.05) is 5.32 Å². The highest BCUT2D eigenvalue weighted by atomic mass is 19.4. The highest BCUT2D eigenvalue weighted by Gasteiger charge is 2.76. The van der Waals surface area contributed by atoms with E-state index in [1.165, 1.54) is 48.5 Å². The van der Waals surface area contributed by atoms with Crippen molar-refractivity contribution >= 4 is 5.91 Å². The number of hydrogen-bond donors (Lipinski definition) is 2. The zero-order chi connectivity index (χ0) is 21.9. The van der Waals surface area contributed by atoms with Crippen molar-refractivity contribution in [2.24, 2.45) is 0 Å². The van der Waals surface area contributed by atoms with Gasteiger partial charge in [0.05, 0.1) is 6.04 Å². The number of hydrogen-bond acceptors (Lipinski definition) is 2. The molecule has 1 amide bonds. The monoisotopic (exact) mass is 423 g/mol. The largest absolute Gasteiger partial charge is 0.459 e. The van der Waals surface area contributed by atoms with Gasteiger partial charge in [0.2, 0.25) is 0 Å². The van der Waals surface area contributed by atoms with Gasteiger partial charge in [-0.05, 0) is 24.1 Å². The van der Waals surface area contributed by atoms with Crippen molar-refractivity contribution < 1.29 is 40.6 Å². The molecule has 2 N–H and O–H groups in total. The molecular formula is C19H16F7NO2. The Bertz CT molecular complexity index is 810. The molecule has 2 atom stereocenters. The van der Waals surface area contributed by atoms with Gasteiger partial charge in [-0.15, -0.1) is 0 Å². The molecule has 2 aromatic rings. The Balaban J connectivity index is 2.36. The predicted molar refractivity (Wildman–Crippen MR) is 89.8 cm³/mol. The molecule has 2 aromatic carbocycles. The molecule has 29 heavy (non-hydrogen) atoms. The molecule has 0 radical (unpaired) electrons. The van der Waals surface area contributed by atoms with Crippen LogP contribution in [-0.4, -0.2) is 41.2 Å². The third-order valence-electron chi connectivity index (χ3n) is 4.18. The predicted octanol–water partition coefficient (Wildman–Crippen LogP) is 4.22. The summed E-state index contributed by atoms with van der Waals surface area (Å²) in [5.41, 5.74) is 0.180. The van der Waals surface area contributed by atoms with Gasteiger partial charge < -0.3 is 10.4 Å². The summed E-state index contributed by atoms with van der Waals surface area (Å²) in [6.07, 6.45) is -10.7. The molecule has 0 fully saturated rings. The average molecular weight is 423 g/mol. The molecule has 0 saturated carbocycles. The zero-order valence-electron chi connectivity index (χ0n) is 14.6. The fourth-order valence-electron chi connectivity index (χ4n) is 2.58. The number of amides is 1. The second kappa shape index (κ2) is 8.40. The van der Waals surface area contributed by atoms with Crippen molar-refractivity contribution in [3.05, 3.63) is 71.8 Å². The summed E-state index contributed by atoms with van der Waals surface area (Å²) in [5, 5.41) is 11.8. The van der Waals surface area contributed by atoms with Crippen molar-refractivity contribution in [3.63, 3.8) is 0 Å². The lowest BCUT2D eigenvalue weighted by Crippen LogP contribution is -2.63. The van der Waals surface area contributed by atoms with Crippen LogP contribution in [-0.2, 0) is 6.42 Å². The molecule has 0 aliphatic carbocycles. The molecule has 2 unspecified atom stereocenters. The van der Waals surface area contributed by atoms with E-state index in [9.17, 15) is 40.6 Å². The minimum atomic E-state index is -6.60. The van der Waals surface area contributed by atoms with E-state index < -0.39 is 42.5 Å². The fourth-order valence-corrected chi connectivity index (χ4v) is 2.58. The molecule has 3 nitrogen and oxygen atoms in total. The highest BCUT2D eigenvalue weighted by Crippen LogP contribution is 2.48. The first-order valence-electron chi connectivity index (χ1n) is 8.28. The first kappa shape index (κ1) is 22.7. The standard InChI is InChI=1S/C19H16F7NO2/c20-17(21,18(22,23)19(24,25)26)15(28)14(11-12-7-3-1-4-8-12)27-16(29)13-9-5-2-6-10-13/h1-10,14-15,28H,11H2,(H,27,29). The number of benzene rings is 2. The molecule has 0 aliphatic heterocycles. The van der Waals surface area contributed by atoms with Gasteiger partial charge >= 0.3 is 18.0 Å². The minimum Gasteiger partial charge on any atom is -0.384 e. The third kappa shape index (κ3) is 4.87. The molecule has 0 aromatic heterocycles. The van der Waals surface area contributed by atoms with Crippen LogP contribution < -0.4 is 5.32 Å². The summed E-state index contributed by atoms with van der Waals surface area (Å²) in [4.78, 5) is 12.2. The quantitative estimate of drug-likeness (QED) is 0.656. The summed E-state index contributed by atoms with van der Waals surface area (Å²) >= 11 is 0. The molecule has 0 saturated heterocycles. The maximum atomic E-state index is 14.0. The zero-order valence-corrected chi connectivity index (χ0v) is 14.6. The first-order valence-corrected chi connectivity index (χ1v) is 8.28. The van der Waals surface area contributed by atoms with E-state index in [0.717, 1.165) is 0 Å². The number of nitrogens with one attached hydrogen (secondary N) is 1. The van der Waals surface area contributed by atoms with Crippen molar-refractivity contribution in [1.82, 2.24) is 5.32 Å². The fraction of sp³-hybridized carbons (Fsp3) is 0.316. The maximum Gasteiger partial charge on any atom is 0.459 e. The summed E-state index contributed by atoms with van der Waals surface area (Å²) in [7, 11) is 0. The SMILES string of the molecule is O=C(NC(Cc1ccccc1)C(O)C(F)(F)C(F)(F)C(F)(F)F)c1ccccc1. The Labute approximate surface area is 161 Å². The normalized spacial score (nSPS) is 14.9. The first-order chi connectivity index (χ1) is 13.4. The van der Waals surface area contributed by atoms with Crippen molar-refractivity contribution in [2.45, 2.75) is 36.6 Å². The molecule has 2 rings (SSSR count). The topological polar surface area (TPSA) is 49.3 Å². The van der Waals surface area contributed by atoms with Gasteiger partial charge in [0, 0.05) is 5.56 Å². The molecule has 0 heterocycles. The van der Waals surface area contributed by atoms with E-state index in [-0.39, 0.29) is 11.1 Å². The molecule has 10 heteroatoms.